The number of carboxylic acid groups (broad SMARTS) is 1. The number of nitrogens with one attached hydrogen (secondary N) is 1. The van der Waals surface area contributed by atoms with E-state index < -0.39 is 11.9 Å². The maximum atomic E-state index is 11.2. The Morgan fingerprint density at radius 3 is 2.28 bits per heavy atom. The van der Waals surface area contributed by atoms with Gasteiger partial charge in [0.15, 0.2) is 0 Å². The summed E-state index contributed by atoms with van der Waals surface area (Å²) in [4.78, 5) is 22.3. The molecule has 0 saturated carbocycles. The average molecular weight is 469 g/mol. The molecular weight excluding hydrogens is 454 g/mol. The molecule has 0 spiro atoms. The number of benzene rings is 2. The molecule has 2 N–H and O–H groups in total. The maximum Gasteiger partial charge on any atom is 0.352 e. The second-order valence-electron chi connectivity index (χ2n) is 5.13. The average Bonchev–Trinajstić information content (AvgIpc) is 2.54. The third-order valence-corrected chi connectivity index (χ3v) is 4.28. The van der Waals surface area contributed by atoms with Crippen molar-refractivity contribution >= 4 is 49.8 Å². The molecule has 7 heteroatoms. The van der Waals surface area contributed by atoms with Crippen molar-refractivity contribution in [3.8, 4) is 5.75 Å². The Bertz CT molecular complexity index is 796. The molecule has 2 aromatic carbocycles. The molecule has 130 valence electrons. The topological polar surface area (TPSA) is 75.6 Å². The first-order valence-electron chi connectivity index (χ1n) is 7.25. The van der Waals surface area contributed by atoms with Crippen LogP contribution in [0.5, 0.6) is 5.75 Å². The molecule has 2 aromatic rings. The standard InChI is InChI=1S/C18H15Br2NO4/c1-11(22)21-16(18(23)24)9-13-7-14(19)17(15(20)8-13)25-10-12-5-3-2-4-6-12/h2-9H,10H2,1H3,(H,21,22)(H,23,24)/b16-9+. The van der Waals surface area contributed by atoms with E-state index in [-0.39, 0.29) is 5.70 Å². The Morgan fingerprint density at radius 2 is 1.76 bits per heavy atom. The van der Waals surface area contributed by atoms with Gasteiger partial charge in [0.05, 0.1) is 8.95 Å². The lowest BCUT2D eigenvalue weighted by molar-refractivity contribution is -0.134. The number of rotatable bonds is 6. The Hall–Kier alpha value is -2.12. The number of ether oxygens (including phenoxy) is 1. The molecule has 2 rings (SSSR count). The van der Waals surface area contributed by atoms with Gasteiger partial charge in [-0.2, -0.15) is 0 Å². The first kappa shape index (κ1) is 19.2. The Morgan fingerprint density at radius 1 is 1.16 bits per heavy atom. The first-order valence-corrected chi connectivity index (χ1v) is 8.83. The predicted molar refractivity (Wildman–Crippen MR) is 102 cm³/mol. The van der Waals surface area contributed by atoms with E-state index in [4.69, 9.17) is 9.84 Å². The van der Waals surface area contributed by atoms with Crippen LogP contribution in [0.1, 0.15) is 18.1 Å². The van der Waals surface area contributed by atoms with Gasteiger partial charge in [-0.25, -0.2) is 4.79 Å². The molecule has 0 saturated heterocycles. The van der Waals surface area contributed by atoms with Gasteiger partial charge in [0, 0.05) is 6.92 Å². The summed E-state index contributed by atoms with van der Waals surface area (Å²) in [5.74, 6) is -1.06. The zero-order chi connectivity index (χ0) is 18.4. The second kappa shape index (κ2) is 8.82. The molecule has 25 heavy (non-hydrogen) atoms. The number of carbonyl (C=O) groups is 2. The third kappa shape index (κ3) is 5.72. The minimum Gasteiger partial charge on any atom is -0.487 e. The van der Waals surface area contributed by atoms with Crippen molar-refractivity contribution in [3.63, 3.8) is 0 Å². The number of halogens is 2. The first-order chi connectivity index (χ1) is 11.9. The molecule has 0 aliphatic heterocycles. The number of carboxylic acids is 1. The summed E-state index contributed by atoms with van der Waals surface area (Å²) in [5.41, 5.74) is 1.42. The van der Waals surface area contributed by atoms with Crippen molar-refractivity contribution in [3.05, 3.63) is 68.2 Å². The van der Waals surface area contributed by atoms with Crippen LogP contribution in [0, 0.1) is 0 Å². The highest BCUT2D eigenvalue weighted by Gasteiger charge is 2.12. The summed E-state index contributed by atoms with van der Waals surface area (Å²) >= 11 is 6.86. The normalized spacial score (nSPS) is 11.1. The van der Waals surface area contributed by atoms with Crippen LogP contribution in [0.4, 0.5) is 0 Å². The van der Waals surface area contributed by atoms with Gasteiger partial charge in [-0.05, 0) is 61.2 Å². The summed E-state index contributed by atoms with van der Waals surface area (Å²) in [5, 5.41) is 11.4. The minimum atomic E-state index is -1.22. The molecule has 5 nitrogen and oxygen atoms in total. The Labute approximate surface area is 162 Å². The van der Waals surface area contributed by atoms with E-state index in [0.29, 0.717) is 26.9 Å². The molecule has 0 bridgehead atoms. The van der Waals surface area contributed by atoms with Crippen LogP contribution in [-0.2, 0) is 16.2 Å². The lowest BCUT2D eigenvalue weighted by Crippen LogP contribution is -2.24. The third-order valence-electron chi connectivity index (χ3n) is 3.10. The second-order valence-corrected chi connectivity index (χ2v) is 6.84. The maximum absolute atomic E-state index is 11.2. The van der Waals surface area contributed by atoms with Crippen molar-refractivity contribution < 1.29 is 19.4 Å². The lowest BCUT2D eigenvalue weighted by atomic mass is 10.2. The lowest BCUT2D eigenvalue weighted by Gasteiger charge is -2.12. The highest BCUT2D eigenvalue weighted by atomic mass is 79.9. The largest absolute Gasteiger partial charge is 0.487 e. The van der Waals surface area contributed by atoms with Crippen LogP contribution in [0.25, 0.3) is 6.08 Å². The van der Waals surface area contributed by atoms with Gasteiger partial charge < -0.3 is 15.2 Å². The summed E-state index contributed by atoms with van der Waals surface area (Å²) in [6.45, 7) is 1.66. The van der Waals surface area contributed by atoms with Crippen LogP contribution in [-0.4, -0.2) is 17.0 Å². The predicted octanol–water partition coefficient (Wildman–Crippen LogP) is 4.35. The fourth-order valence-corrected chi connectivity index (χ4v) is 3.49. The Kier molecular flexibility index (Phi) is 6.78. The fourth-order valence-electron chi connectivity index (χ4n) is 2.04. The highest BCUT2D eigenvalue weighted by molar-refractivity contribution is 9.11. The highest BCUT2D eigenvalue weighted by Crippen LogP contribution is 2.35. The fraction of sp³-hybridized carbons (Fsp3) is 0.111. The SMILES string of the molecule is CC(=O)N/C(=C/c1cc(Br)c(OCc2ccccc2)c(Br)c1)C(=O)O. The molecule has 0 aliphatic carbocycles. The van der Waals surface area contributed by atoms with E-state index in [2.05, 4.69) is 37.2 Å². The van der Waals surface area contributed by atoms with Crippen molar-refractivity contribution in [2.24, 2.45) is 0 Å². The van der Waals surface area contributed by atoms with Gasteiger partial charge in [-0.1, -0.05) is 30.3 Å². The van der Waals surface area contributed by atoms with E-state index in [1.165, 1.54) is 13.0 Å². The minimum absolute atomic E-state index is 0.204. The quantitative estimate of drug-likeness (QED) is 0.618. The van der Waals surface area contributed by atoms with Crippen molar-refractivity contribution in [2.45, 2.75) is 13.5 Å². The van der Waals surface area contributed by atoms with Gasteiger partial charge in [-0.15, -0.1) is 0 Å². The number of amides is 1. The van der Waals surface area contributed by atoms with Crippen LogP contribution in [0.2, 0.25) is 0 Å². The van der Waals surface area contributed by atoms with Gasteiger partial charge in [0.25, 0.3) is 0 Å². The molecule has 1 amide bonds. The van der Waals surface area contributed by atoms with Crippen molar-refractivity contribution in [2.75, 3.05) is 0 Å². The van der Waals surface area contributed by atoms with E-state index in [9.17, 15) is 9.59 Å². The molecule has 0 unspecified atom stereocenters. The molecule has 0 radical (unpaired) electrons. The van der Waals surface area contributed by atoms with Gasteiger partial charge >= 0.3 is 5.97 Å². The van der Waals surface area contributed by atoms with Gasteiger partial charge in [-0.3, -0.25) is 4.79 Å². The number of aliphatic carboxylic acids is 1. The number of hydrogen-bond donors (Lipinski definition) is 2. The molecule has 0 heterocycles. The van der Waals surface area contributed by atoms with E-state index in [1.54, 1.807) is 12.1 Å². The zero-order valence-electron chi connectivity index (χ0n) is 13.3. The summed E-state index contributed by atoms with van der Waals surface area (Å²) in [6.07, 6.45) is 1.38. The zero-order valence-corrected chi connectivity index (χ0v) is 16.4. The van der Waals surface area contributed by atoms with Gasteiger partial charge in [0.1, 0.15) is 18.1 Å². The molecule has 0 fully saturated rings. The van der Waals surface area contributed by atoms with E-state index in [0.717, 1.165) is 5.56 Å². The van der Waals surface area contributed by atoms with E-state index in [1.807, 2.05) is 30.3 Å². The van der Waals surface area contributed by atoms with Gasteiger partial charge in [0.2, 0.25) is 5.91 Å². The van der Waals surface area contributed by atoms with Crippen LogP contribution < -0.4 is 10.1 Å². The Balaban J connectivity index is 2.24. The molecule has 0 atom stereocenters. The van der Waals surface area contributed by atoms with Crippen molar-refractivity contribution in [1.29, 1.82) is 0 Å². The smallest absolute Gasteiger partial charge is 0.352 e. The van der Waals surface area contributed by atoms with Crippen LogP contribution in [0.3, 0.4) is 0 Å². The summed E-state index contributed by atoms with van der Waals surface area (Å²) in [7, 11) is 0. The summed E-state index contributed by atoms with van der Waals surface area (Å²) < 4.78 is 7.15. The summed E-state index contributed by atoms with van der Waals surface area (Å²) in [6, 6.07) is 13.2. The molecular formula is C18H15Br2NO4. The number of carbonyl (C=O) groups excluding carboxylic acids is 1. The van der Waals surface area contributed by atoms with E-state index >= 15 is 0 Å². The van der Waals surface area contributed by atoms with Crippen molar-refractivity contribution in [1.82, 2.24) is 5.32 Å². The van der Waals surface area contributed by atoms with Crippen LogP contribution >= 0.6 is 31.9 Å². The van der Waals surface area contributed by atoms with Crippen LogP contribution in [0.15, 0.2) is 57.1 Å². The monoisotopic (exact) mass is 467 g/mol. The molecule has 0 aliphatic rings. The number of hydrogen-bond acceptors (Lipinski definition) is 3. The molecule has 0 aromatic heterocycles.